The Labute approximate surface area is 90.5 Å². The molecule has 0 aliphatic carbocycles. The van der Waals surface area contributed by atoms with Gasteiger partial charge in [-0.15, -0.1) is 0 Å². The molecule has 2 aliphatic heterocycles. The summed E-state index contributed by atoms with van der Waals surface area (Å²) in [5, 5.41) is 0. The molecule has 0 bridgehead atoms. The summed E-state index contributed by atoms with van der Waals surface area (Å²) in [6.45, 7) is 9.23. The predicted octanol–water partition coefficient (Wildman–Crippen LogP) is 1.00. The molecule has 1 amide bonds. The van der Waals surface area contributed by atoms with Gasteiger partial charge in [-0.2, -0.15) is 0 Å². The Hall–Kier alpha value is -0.610. The van der Waals surface area contributed by atoms with Crippen molar-refractivity contribution in [3.63, 3.8) is 0 Å². The van der Waals surface area contributed by atoms with E-state index < -0.39 is 0 Å². The topological polar surface area (TPSA) is 38.8 Å². The van der Waals surface area contributed by atoms with E-state index in [1.54, 1.807) is 11.8 Å². The van der Waals surface area contributed by atoms with Crippen molar-refractivity contribution in [2.24, 2.45) is 5.41 Å². The van der Waals surface area contributed by atoms with Gasteiger partial charge in [-0.05, 0) is 0 Å². The molecule has 2 saturated heterocycles. The zero-order valence-electron chi connectivity index (χ0n) is 9.82. The Bertz CT molecular complexity index is 257. The zero-order valence-corrected chi connectivity index (χ0v) is 9.82. The summed E-state index contributed by atoms with van der Waals surface area (Å²) in [6.07, 6.45) is -0.00198. The molecular formula is C11H19NO3. The second-order valence-electron chi connectivity index (χ2n) is 5.47. The largest absolute Gasteiger partial charge is 0.344 e. The van der Waals surface area contributed by atoms with Crippen molar-refractivity contribution in [1.82, 2.24) is 4.90 Å². The van der Waals surface area contributed by atoms with Crippen LogP contribution >= 0.6 is 0 Å². The first-order valence-corrected chi connectivity index (χ1v) is 5.44. The van der Waals surface area contributed by atoms with Gasteiger partial charge in [0, 0.05) is 25.4 Å². The summed E-state index contributed by atoms with van der Waals surface area (Å²) < 4.78 is 11.6. The lowest BCUT2D eigenvalue weighted by atomic mass is 9.96. The van der Waals surface area contributed by atoms with Crippen molar-refractivity contribution < 1.29 is 14.3 Å². The fraction of sp³-hybridized carbons (Fsp3) is 0.909. The monoisotopic (exact) mass is 213 g/mol. The molecule has 2 rings (SSSR count). The lowest BCUT2D eigenvalue weighted by Crippen LogP contribution is -2.34. The third kappa shape index (κ3) is 2.01. The predicted molar refractivity (Wildman–Crippen MR) is 55.2 cm³/mol. The van der Waals surface area contributed by atoms with Gasteiger partial charge >= 0.3 is 0 Å². The molecule has 2 aliphatic rings. The summed E-state index contributed by atoms with van der Waals surface area (Å²) in [7, 11) is 0. The van der Waals surface area contributed by atoms with E-state index in [0.29, 0.717) is 13.1 Å². The Morgan fingerprint density at radius 1 is 1.20 bits per heavy atom. The van der Waals surface area contributed by atoms with Gasteiger partial charge in [0.1, 0.15) is 12.2 Å². The molecule has 0 radical (unpaired) electrons. The Balaban J connectivity index is 1.96. The third-order valence-corrected chi connectivity index (χ3v) is 2.96. The van der Waals surface area contributed by atoms with Crippen molar-refractivity contribution in [2.45, 2.75) is 46.2 Å². The third-order valence-electron chi connectivity index (χ3n) is 2.96. The quantitative estimate of drug-likeness (QED) is 0.602. The lowest BCUT2D eigenvalue weighted by molar-refractivity contribution is -0.148. The maximum absolute atomic E-state index is 11.2. The van der Waals surface area contributed by atoms with Crippen LogP contribution in [-0.4, -0.2) is 42.4 Å². The van der Waals surface area contributed by atoms with E-state index in [0.717, 1.165) is 0 Å². The summed E-state index contributed by atoms with van der Waals surface area (Å²) in [5.41, 5.74) is 0.00535. The van der Waals surface area contributed by atoms with Crippen molar-refractivity contribution >= 4 is 5.91 Å². The normalized spacial score (nSPS) is 35.7. The smallest absolute Gasteiger partial charge is 0.219 e. The number of carbonyl (C=O) groups is 1. The number of rotatable bonds is 0. The van der Waals surface area contributed by atoms with Crippen molar-refractivity contribution in [3.05, 3.63) is 0 Å². The Kier molecular flexibility index (Phi) is 2.51. The minimum Gasteiger partial charge on any atom is -0.344 e. The van der Waals surface area contributed by atoms with E-state index in [-0.39, 0.29) is 29.8 Å². The highest BCUT2D eigenvalue weighted by Crippen LogP contribution is 2.35. The minimum absolute atomic E-state index is 0.00535. The van der Waals surface area contributed by atoms with Gasteiger partial charge < -0.3 is 14.4 Å². The molecule has 0 aromatic carbocycles. The Morgan fingerprint density at radius 2 is 1.67 bits per heavy atom. The first-order valence-electron chi connectivity index (χ1n) is 5.44. The molecule has 0 aromatic rings. The second kappa shape index (κ2) is 3.46. The number of hydrogen-bond donors (Lipinski definition) is 0. The van der Waals surface area contributed by atoms with Gasteiger partial charge in [-0.1, -0.05) is 20.8 Å². The zero-order chi connectivity index (χ0) is 11.2. The fourth-order valence-electron chi connectivity index (χ4n) is 2.02. The highest BCUT2D eigenvalue weighted by molar-refractivity contribution is 5.73. The van der Waals surface area contributed by atoms with Gasteiger partial charge in [0.25, 0.3) is 0 Å². The average molecular weight is 213 g/mol. The molecule has 2 unspecified atom stereocenters. The van der Waals surface area contributed by atoms with E-state index in [1.165, 1.54) is 0 Å². The van der Waals surface area contributed by atoms with Gasteiger partial charge in [0.05, 0.1) is 0 Å². The maximum atomic E-state index is 11.2. The first-order chi connectivity index (χ1) is 6.88. The summed E-state index contributed by atoms with van der Waals surface area (Å²) >= 11 is 0. The number of hydrogen-bond acceptors (Lipinski definition) is 3. The molecule has 2 heterocycles. The molecule has 2 atom stereocenters. The summed E-state index contributed by atoms with van der Waals surface area (Å²) in [5.74, 6) is 0.101. The number of likely N-dealkylation sites (tertiary alicyclic amines) is 1. The standard InChI is InChI=1S/C11H19NO3/c1-7(13)12-5-8-9(6-12)15-10(14-8)11(2,3)4/h8-10H,5-6H2,1-4H3. The number of ether oxygens (including phenoxy) is 2. The molecule has 86 valence electrons. The van der Waals surface area contributed by atoms with E-state index >= 15 is 0 Å². The van der Waals surface area contributed by atoms with Crippen LogP contribution in [0.4, 0.5) is 0 Å². The molecule has 0 N–H and O–H groups in total. The minimum atomic E-state index is -0.137. The van der Waals surface area contributed by atoms with E-state index in [9.17, 15) is 4.79 Å². The Morgan fingerprint density at radius 3 is 2.00 bits per heavy atom. The van der Waals surface area contributed by atoms with Crippen LogP contribution in [0.25, 0.3) is 0 Å². The van der Waals surface area contributed by atoms with Crippen LogP contribution in [0.2, 0.25) is 0 Å². The van der Waals surface area contributed by atoms with Crippen molar-refractivity contribution in [2.75, 3.05) is 13.1 Å². The number of carbonyl (C=O) groups excluding carboxylic acids is 1. The van der Waals surface area contributed by atoms with Gasteiger partial charge in [0.15, 0.2) is 6.29 Å². The SMILES string of the molecule is CC(=O)N1CC2OC(C(C)(C)C)OC2C1. The summed E-state index contributed by atoms with van der Waals surface area (Å²) in [4.78, 5) is 13.0. The average Bonchev–Trinajstić information content (AvgIpc) is 2.55. The van der Waals surface area contributed by atoms with Crippen molar-refractivity contribution in [3.8, 4) is 0 Å². The lowest BCUT2D eigenvalue weighted by Gasteiger charge is -2.27. The molecule has 0 aromatic heterocycles. The van der Waals surface area contributed by atoms with Crippen LogP contribution in [-0.2, 0) is 14.3 Å². The van der Waals surface area contributed by atoms with Crippen LogP contribution in [0.5, 0.6) is 0 Å². The first kappa shape index (κ1) is 10.9. The highest BCUT2D eigenvalue weighted by atomic mass is 16.7. The second-order valence-corrected chi connectivity index (χ2v) is 5.47. The molecular weight excluding hydrogens is 194 g/mol. The van der Waals surface area contributed by atoms with E-state index in [1.807, 2.05) is 0 Å². The number of amides is 1. The van der Waals surface area contributed by atoms with Gasteiger partial charge in [-0.25, -0.2) is 0 Å². The van der Waals surface area contributed by atoms with Crippen LogP contribution in [0.1, 0.15) is 27.7 Å². The summed E-state index contributed by atoms with van der Waals surface area (Å²) in [6, 6.07) is 0. The molecule has 4 heteroatoms. The number of fused-ring (bicyclic) bond motifs is 1. The van der Waals surface area contributed by atoms with Gasteiger partial charge in [0.2, 0.25) is 5.91 Å². The van der Waals surface area contributed by atoms with Crippen LogP contribution in [0, 0.1) is 5.41 Å². The van der Waals surface area contributed by atoms with E-state index in [2.05, 4.69) is 20.8 Å². The molecule has 2 fully saturated rings. The van der Waals surface area contributed by atoms with Crippen LogP contribution < -0.4 is 0 Å². The van der Waals surface area contributed by atoms with Gasteiger partial charge in [-0.3, -0.25) is 4.79 Å². The van der Waals surface area contributed by atoms with Crippen LogP contribution in [0.3, 0.4) is 0 Å². The molecule has 15 heavy (non-hydrogen) atoms. The highest BCUT2D eigenvalue weighted by Gasteiger charge is 2.47. The van der Waals surface area contributed by atoms with E-state index in [4.69, 9.17) is 9.47 Å². The fourth-order valence-corrected chi connectivity index (χ4v) is 2.02. The van der Waals surface area contributed by atoms with Crippen molar-refractivity contribution in [1.29, 1.82) is 0 Å². The maximum Gasteiger partial charge on any atom is 0.219 e. The molecule has 0 spiro atoms. The molecule has 4 nitrogen and oxygen atoms in total. The van der Waals surface area contributed by atoms with Crippen LogP contribution in [0.15, 0.2) is 0 Å². The number of nitrogens with zero attached hydrogens (tertiary/aromatic N) is 1. The molecule has 0 saturated carbocycles.